The summed E-state index contributed by atoms with van der Waals surface area (Å²) in [5, 5.41) is 6.84. The maximum atomic E-state index is 11.4. The van der Waals surface area contributed by atoms with Gasteiger partial charge in [0.2, 0.25) is 0 Å². The van der Waals surface area contributed by atoms with Crippen molar-refractivity contribution in [3.63, 3.8) is 0 Å². The van der Waals surface area contributed by atoms with Crippen LogP contribution in [0.5, 0.6) is 5.75 Å². The SMILES string of the molecule is O=C1NCCN1CCOc1ccc(CNC2CC2)cc1Cl. The second-order valence-corrected chi connectivity index (χ2v) is 5.89. The third-order valence-corrected chi connectivity index (χ3v) is 4.03. The van der Waals surface area contributed by atoms with Crippen molar-refractivity contribution in [2.45, 2.75) is 25.4 Å². The van der Waals surface area contributed by atoms with E-state index in [1.165, 1.54) is 12.8 Å². The van der Waals surface area contributed by atoms with Crippen LogP contribution in [0.15, 0.2) is 18.2 Å². The van der Waals surface area contributed by atoms with Gasteiger partial charge in [0.25, 0.3) is 0 Å². The fourth-order valence-corrected chi connectivity index (χ4v) is 2.57. The summed E-state index contributed by atoms with van der Waals surface area (Å²) in [5.74, 6) is 0.673. The van der Waals surface area contributed by atoms with Gasteiger partial charge in [0, 0.05) is 25.7 Å². The summed E-state index contributed by atoms with van der Waals surface area (Å²) < 4.78 is 5.67. The van der Waals surface area contributed by atoms with E-state index in [1.54, 1.807) is 4.90 Å². The summed E-state index contributed by atoms with van der Waals surface area (Å²) in [7, 11) is 0. The molecule has 1 aromatic carbocycles. The van der Waals surface area contributed by atoms with Gasteiger partial charge in [-0.15, -0.1) is 0 Å². The summed E-state index contributed by atoms with van der Waals surface area (Å²) in [6.07, 6.45) is 2.55. The highest BCUT2D eigenvalue weighted by molar-refractivity contribution is 6.32. The van der Waals surface area contributed by atoms with Gasteiger partial charge in [-0.05, 0) is 30.5 Å². The van der Waals surface area contributed by atoms with Crippen molar-refractivity contribution in [2.24, 2.45) is 0 Å². The first kappa shape index (κ1) is 14.5. The highest BCUT2D eigenvalue weighted by Crippen LogP contribution is 2.26. The van der Waals surface area contributed by atoms with Crippen molar-refractivity contribution in [2.75, 3.05) is 26.2 Å². The number of hydrogen-bond donors (Lipinski definition) is 2. The average Bonchev–Trinajstić information content (AvgIpc) is 3.22. The lowest BCUT2D eigenvalue weighted by Crippen LogP contribution is -2.31. The van der Waals surface area contributed by atoms with Crippen LogP contribution in [-0.2, 0) is 6.54 Å². The molecule has 21 heavy (non-hydrogen) atoms. The van der Waals surface area contributed by atoms with E-state index in [0.29, 0.717) is 36.5 Å². The quantitative estimate of drug-likeness (QED) is 0.810. The van der Waals surface area contributed by atoms with Crippen molar-refractivity contribution in [3.05, 3.63) is 28.8 Å². The zero-order valence-electron chi connectivity index (χ0n) is 11.9. The van der Waals surface area contributed by atoms with Crippen LogP contribution in [0.4, 0.5) is 4.79 Å². The molecular weight excluding hydrogens is 290 g/mol. The molecule has 5 nitrogen and oxygen atoms in total. The van der Waals surface area contributed by atoms with Gasteiger partial charge in [0.1, 0.15) is 12.4 Å². The number of benzene rings is 1. The number of halogens is 1. The fraction of sp³-hybridized carbons (Fsp3) is 0.533. The Kier molecular flexibility index (Phi) is 4.51. The van der Waals surface area contributed by atoms with E-state index >= 15 is 0 Å². The van der Waals surface area contributed by atoms with Crippen molar-refractivity contribution in [1.29, 1.82) is 0 Å². The molecule has 6 heteroatoms. The van der Waals surface area contributed by atoms with E-state index in [2.05, 4.69) is 10.6 Å². The van der Waals surface area contributed by atoms with Gasteiger partial charge in [-0.1, -0.05) is 17.7 Å². The molecule has 0 atom stereocenters. The minimum Gasteiger partial charge on any atom is -0.490 e. The summed E-state index contributed by atoms with van der Waals surface area (Å²) in [5.41, 5.74) is 1.16. The number of ether oxygens (including phenoxy) is 1. The Morgan fingerprint density at radius 3 is 2.95 bits per heavy atom. The molecule has 1 saturated heterocycles. The van der Waals surface area contributed by atoms with Crippen molar-refractivity contribution < 1.29 is 9.53 Å². The lowest BCUT2D eigenvalue weighted by molar-refractivity contribution is 0.202. The molecule has 0 radical (unpaired) electrons. The molecule has 1 heterocycles. The topological polar surface area (TPSA) is 53.6 Å². The minimum absolute atomic E-state index is 0.0220. The first-order valence-corrected chi connectivity index (χ1v) is 7.77. The molecular formula is C15H20ClN3O2. The van der Waals surface area contributed by atoms with Gasteiger partial charge >= 0.3 is 6.03 Å². The zero-order valence-corrected chi connectivity index (χ0v) is 12.7. The van der Waals surface area contributed by atoms with Gasteiger partial charge in [0.05, 0.1) is 11.6 Å². The standard InChI is InChI=1S/C15H20ClN3O2/c16-13-9-11(10-18-12-2-3-12)1-4-14(13)21-8-7-19-6-5-17-15(19)20/h1,4,9,12,18H,2-3,5-8,10H2,(H,17,20). The van der Waals surface area contributed by atoms with Crippen LogP contribution in [0.1, 0.15) is 18.4 Å². The number of urea groups is 1. The zero-order chi connectivity index (χ0) is 14.7. The Balaban J connectivity index is 1.47. The highest BCUT2D eigenvalue weighted by Gasteiger charge is 2.20. The van der Waals surface area contributed by atoms with Gasteiger partial charge < -0.3 is 20.3 Å². The maximum absolute atomic E-state index is 11.4. The van der Waals surface area contributed by atoms with E-state index in [4.69, 9.17) is 16.3 Å². The molecule has 0 aromatic heterocycles. The highest BCUT2D eigenvalue weighted by atomic mass is 35.5. The molecule has 1 aromatic rings. The van der Waals surface area contributed by atoms with Crippen LogP contribution in [0, 0.1) is 0 Å². The molecule has 2 aliphatic rings. The largest absolute Gasteiger partial charge is 0.490 e. The number of carbonyl (C=O) groups is 1. The predicted molar refractivity (Wildman–Crippen MR) is 81.8 cm³/mol. The molecule has 1 aliphatic heterocycles. The predicted octanol–water partition coefficient (Wildman–Crippen LogP) is 2.00. The Hall–Kier alpha value is -1.46. The number of amides is 2. The van der Waals surface area contributed by atoms with E-state index in [9.17, 15) is 4.79 Å². The fourth-order valence-electron chi connectivity index (χ4n) is 2.31. The number of nitrogens with one attached hydrogen (secondary N) is 2. The van der Waals surface area contributed by atoms with Gasteiger partial charge in [-0.25, -0.2) is 4.79 Å². The molecule has 0 bridgehead atoms. The van der Waals surface area contributed by atoms with Crippen LogP contribution in [-0.4, -0.2) is 43.2 Å². The summed E-state index contributed by atoms with van der Waals surface area (Å²) in [6, 6.07) is 6.53. The lowest BCUT2D eigenvalue weighted by Gasteiger charge is -2.15. The molecule has 1 aliphatic carbocycles. The summed E-state index contributed by atoms with van der Waals surface area (Å²) >= 11 is 6.24. The van der Waals surface area contributed by atoms with Crippen LogP contribution in [0.2, 0.25) is 5.02 Å². The van der Waals surface area contributed by atoms with Gasteiger partial charge in [-0.2, -0.15) is 0 Å². The second kappa shape index (κ2) is 6.54. The maximum Gasteiger partial charge on any atom is 0.317 e. The summed E-state index contributed by atoms with van der Waals surface area (Å²) in [4.78, 5) is 13.1. The monoisotopic (exact) mass is 309 g/mol. The number of hydrogen-bond acceptors (Lipinski definition) is 3. The van der Waals surface area contributed by atoms with Crippen LogP contribution in [0.3, 0.4) is 0 Å². The molecule has 0 spiro atoms. The number of carbonyl (C=O) groups excluding carboxylic acids is 1. The lowest BCUT2D eigenvalue weighted by atomic mass is 10.2. The van der Waals surface area contributed by atoms with Gasteiger partial charge in [-0.3, -0.25) is 0 Å². The van der Waals surface area contributed by atoms with Crippen LogP contribution < -0.4 is 15.4 Å². The normalized spacial score (nSPS) is 18.0. The Morgan fingerprint density at radius 2 is 2.29 bits per heavy atom. The van der Waals surface area contributed by atoms with E-state index in [-0.39, 0.29) is 6.03 Å². The third kappa shape index (κ3) is 4.02. The minimum atomic E-state index is -0.0220. The molecule has 2 amide bonds. The number of rotatable bonds is 7. The molecule has 3 rings (SSSR count). The van der Waals surface area contributed by atoms with Crippen molar-refractivity contribution in [3.8, 4) is 5.75 Å². The van der Waals surface area contributed by atoms with Crippen molar-refractivity contribution >= 4 is 17.6 Å². The first-order chi connectivity index (χ1) is 10.2. The van der Waals surface area contributed by atoms with Gasteiger partial charge in [0.15, 0.2) is 0 Å². The van der Waals surface area contributed by atoms with E-state index < -0.39 is 0 Å². The Morgan fingerprint density at radius 1 is 1.43 bits per heavy atom. The molecule has 114 valence electrons. The van der Waals surface area contributed by atoms with E-state index in [0.717, 1.165) is 18.7 Å². The van der Waals surface area contributed by atoms with E-state index in [1.807, 2.05) is 18.2 Å². The molecule has 2 N–H and O–H groups in total. The summed E-state index contributed by atoms with van der Waals surface area (Å²) in [6.45, 7) is 3.32. The Bertz CT molecular complexity index is 520. The second-order valence-electron chi connectivity index (χ2n) is 5.49. The van der Waals surface area contributed by atoms with Crippen LogP contribution >= 0.6 is 11.6 Å². The first-order valence-electron chi connectivity index (χ1n) is 7.40. The smallest absolute Gasteiger partial charge is 0.317 e. The molecule has 1 saturated carbocycles. The van der Waals surface area contributed by atoms with Crippen molar-refractivity contribution in [1.82, 2.24) is 15.5 Å². The average molecular weight is 310 g/mol. The Labute approximate surface area is 129 Å². The third-order valence-electron chi connectivity index (χ3n) is 3.73. The molecule has 2 fully saturated rings. The number of nitrogens with zero attached hydrogens (tertiary/aromatic N) is 1. The molecule has 0 unspecified atom stereocenters. The van der Waals surface area contributed by atoms with Crippen LogP contribution in [0.25, 0.3) is 0 Å².